The number of hydrogen-bond donors (Lipinski definition) is 1. The quantitative estimate of drug-likeness (QED) is 0.562. The Morgan fingerprint density at radius 3 is 2.21 bits per heavy atom. The lowest BCUT2D eigenvalue weighted by Gasteiger charge is -2.34. The van der Waals surface area contributed by atoms with Gasteiger partial charge in [0.2, 0.25) is 10.0 Å². The van der Waals surface area contributed by atoms with Crippen LogP contribution in [0, 0.1) is 6.92 Å². The molecule has 0 saturated carbocycles. The number of alkyl halides is 3. The molecular weight excluding hydrogens is 469 g/mol. The first-order valence-corrected chi connectivity index (χ1v) is 12.1. The summed E-state index contributed by atoms with van der Waals surface area (Å²) >= 11 is 0. The third-order valence-electron chi connectivity index (χ3n) is 5.38. The van der Waals surface area contributed by atoms with Gasteiger partial charge in [-0.05, 0) is 48.9 Å². The topological polar surface area (TPSA) is 91.3 Å². The highest BCUT2D eigenvalue weighted by Crippen LogP contribution is 2.29. The maximum atomic E-state index is 12.8. The molecule has 4 rings (SSSR count). The van der Waals surface area contributed by atoms with Gasteiger partial charge in [-0.25, -0.2) is 13.4 Å². The average molecular weight is 493 g/mol. The number of rotatable bonds is 6. The summed E-state index contributed by atoms with van der Waals surface area (Å²) in [7, 11) is -3.66. The smallest absolute Gasteiger partial charge is 0.352 e. The van der Waals surface area contributed by atoms with Crippen LogP contribution >= 0.6 is 0 Å². The van der Waals surface area contributed by atoms with Gasteiger partial charge in [-0.3, -0.25) is 0 Å². The maximum Gasteiger partial charge on any atom is 0.416 e. The molecule has 180 valence electrons. The fourth-order valence-electron chi connectivity index (χ4n) is 3.59. The molecule has 1 saturated heterocycles. The van der Waals surface area contributed by atoms with E-state index in [-0.39, 0.29) is 18.8 Å². The van der Waals surface area contributed by atoms with Crippen LogP contribution in [-0.4, -0.2) is 54.1 Å². The van der Waals surface area contributed by atoms with Crippen LogP contribution in [0.4, 0.5) is 30.6 Å². The van der Waals surface area contributed by atoms with Gasteiger partial charge in [0, 0.05) is 31.9 Å². The highest BCUT2D eigenvalue weighted by atomic mass is 32.2. The molecule has 0 unspecified atom stereocenters. The molecule has 1 fully saturated rings. The van der Waals surface area contributed by atoms with Crippen molar-refractivity contribution in [1.82, 2.24) is 19.5 Å². The van der Waals surface area contributed by atoms with Crippen LogP contribution in [-0.2, 0) is 22.0 Å². The van der Waals surface area contributed by atoms with E-state index in [1.54, 1.807) is 12.1 Å². The zero-order valence-electron chi connectivity index (χ0n) is 18.3. The second-order valence-electron chi connectivity index (χ2n) is 7.90. The molecule has 0 atom stereocenters. The van der Waals surface area contributed by atoms with Crippen molar-refractivity contribution in [3.8, 4) is 0 Å². The standard InChI is InChI=1S/C22H23F3N6O2S/c1-16-3-2-4-19(26-16)27-20-9-10-21(29-28-20)30-11-13-31(14-12-30)34(32,33)15-17-5-7-18(8-6-17)22(23,24)25/h2-10H,11-15H2,1H3,(H,26,27,28). The van der Waals surface area contributed by atoms with E-state index in [0.29, 0.717) is 36.1 Å². The summed E-state index contributed by atoms with van der Waals surface area (Å²) in [6, 6.07) is 13.4. The minimum Gasteiger partial charge on any atom is -0.352 e. The third kappa shape index (κ3) is 5.81. The molecule has 1 N–H and O–H groups in total. The van der Waals surface area contributed by atoms with Gasteiger partial charge >= 0.3 is 6.18 Å². The minimum absolute atomic E-state index is 0.248. The Hall–Kier alpha value is -3.25. The molecule has 1 aromatic carbocycles. The lowest BCUT2D eigenvalue weighted by molar-refractivity contribution is -0.137. The van der Waals surface area contributed by atoms with Crippen LogP contribution in [0.2, 0.25) is 0 Å². The Bertz CT molecular complexity index is 1230. The van der Waals surface area contributed by atoms with E-state index < -0.39 is 21.8 Å². The van der Waals surface area contributed by atoms with Gasteiger partial charge in [0.15, 0.2) is 11.6 Å². The summed E-state index contributed by atoms with van der Waals surface area (Å²) < 4.78 is 65.0. The van der Waals surface area contributed by atoms with Crippen molar-refractivity contribution in [2.75, 3.05) is 36.4 Å². The Morgan fingerprint density at radius 2 is 1.62 bits per heavy atom. The molecule has 0 radical (unpaired) electrons. The minimum atomic E-state index is -4.46. The monoisotopic (exact) mass is 492 g/mol. The van der Waals surface area contributed by atoms with Crippen molar-refractivity contribution < 1.29 is 21.6 Å². The van der Waals surface area contributed by atoms with Crippen LogP contribution in [0.5, 0.6) is 0 Å². The summed E-state index contributed by atoms with van der Waals surface area (Å²) in [5.74, 6) is 1.48. The average Bonchev–Trinajstić information content (AvgIpc) is 2.79. The van der Waals surface area contributed by atoms with E-state index in [1.807, 2.05) is 30.0 Å². The van der Waals surface area contributed by atoms with Gasteiger partial charge in [0.25, 0.3) is 0 Å². The zero-order valence-corrected chi connectivity index (χ0v) is 19.1. The second kappa shape index (κ2) is 9.55. The number of anilines is 3. The molecule has 0 bridgehead atoms. The number of hydrogen-bond acceptors (Lipinski definition) is 7. The molecule has 0 spiro atoms. The predicted molar refractivity (Wildman–Crippen MR) is 122 cm³/mol. The van der Waals surface area contributed by atoms with Crippen LogP contribution in [0.1, 0.15) is 16.8 Å². The summed E-state index contributed by atoms with van der Waals surface area (Å²) in [6.45, 7) is 3.24. The molecule has 0 aliphatic carbocycles. The molecule has 3 aromatic rings. The Balaban J connectivity index is 1.33. The van der Waals surface area contributed by atoms with Gasteiger partial charge in [-0.1, -0.05) is 18.2 Å². The molecule has 0 amide bonds. The molecular formula is C22H23F3N6O2S. The Morgan fingerprint density at radius 1 is 0.912 bits per heavy atom. The highest BCUT2D eigenvalue weighted by Gasteiger charge is 2.31. The summed E-state index contributed by atoms with van der Waals surface area (Å²) in [6.07, 6.45) is -4.46. The third-order valence-corrected chi connectivity index (χ3v) is 7.23. The summed E-state index contributed by atoms with van der Waals surface area (Å²) in [5.41, 5.74) is 0.382. The number of nitrogens with zero attached hydrogens (tertiary/aromatic N) is 5. The number of aromatic nitrogens is 3. The van der Waals surface area contributed by atoms with Crippen molar-refractivity contribution in [2.45, 2.75) is 18.9 Å². The van der Waals surface area contributed by atoms with Gasteiger partial charge in [0.05, 0.1) is 11.3 Å². The Kier molecular flexibility index (Phi) is 6.71. The first-order valence-electron chi connectivity index (χ1n) is 10.5. The first-order chi connectivity index (χ1) is 16.1. The predicted octanol–water partition coefficient (Wildman–Crippen LogP) is 3.59. The Labute approximate surface area is 195 Å². The van der Waals surface area contributed by atoms with Gasteiger partial charge in [0.1, 0.15) is 5.82 Å². The van der Waals surface area contributed by atoms with Crippen LogP contribution in [0.3, 0.4) is 0 Å². The van der Waals surface area contributed by atoms with Crippen molar-refractivity contribution >= 4 is 27.5 Å². The number of halogens is 3. The van der Waals surface area contributed by atoms with E-state index in [9.17, 15) is 21.6 Å². The second-order valence-corrected chi connectivity index (χ2v) is 9.87. The van der Waals surface area contributed by atoms with E-state index in [2.05, 4.69) is 20.5 Å². The fraction of sp³-hybridized carbons (Fsp3) is 0.318. The number of piperazine rings is 1. The highest BCUT2D eigenvalue weighted by molar-refractivity contribution is 7.88. The van der Waals surface area contributed by atoms with Crippen molar-refractivity contribution in [3.05, 3.63) is 71.4 Å². The number of pyridine rings is 1. The van der Waals surface area contributed by atoms with E-state index >= 15 is 0 Å². The lowest BCUT2D eigenvalue weighted by Crippen LogP contribution is -2.49. The van der Waals surface area contributed by atoms with Crippen molar-refractivity contribution in [2.24, 2.45) is 0 Å². The molecule has 3 heterocycles. The summed E-state index contributed by atoms with van der Waals surface area (Å²) in [4.78, 5) is 6.29. The summed E-state index contributed by atoms with van der Waals surface area (Å²) in [5, 5.41) is 11.5. The first kappa shape index (κ1) is 23.9. The molecule has 34 heavy (non-hydrogen) atoms. The van der Waals surface area contributed by atoms with E-state index in [0.717, 1.165) is 17.8 Å². The van der Waals surface area contributed by atoms with Gasteiger partial charge in [-0.2, -0.15) is 17.5 Å². The van der Waals surface area contributed by atoms with Gasteiger partial charge in [-0.15, -0.1) is 10.2 Å². The number of aryl methyl sites for hydroxylation is 1. The normalized spacial score (nSPS) is 15.4. The molecule has 1 aliphatic rings. The molecule has 12 heteroatoms. The van der Waals surface area contributed by atoms with E-state index in [4.69, 9.17) is 0 Å². The molecule has 2 aromatic heterocycles. The van der Waals surface area contributed by atoms with Crippen molar-refractivity contribution in [3.63, 3.8) is 0 Å². The van der Waals surface area contributed by atoms with E-state index in [1.165, 1.54) is 16.4 Å². The van der Waals surface area contributed by atoms with Gasteiger partial charge < -0.3 is 10.2 Å². The molecule has 8 nitrogen and oxygen atoms in total. The molecule has 1 aliphatic heterocycles. The lowest BCUT2D eigenvalue weighted by atomic mass is 10.1. The zero-order chi connectivity index (χ0) is 24.3. The SMILES string of the molecule is Cc1cccc(Nc2ccc(N3CCN(S(=O)(=O)Cc4ccc(C(F)(F)F)cc4)CC3)nn2)n1. The number of benzene rings is 1. The number of sulfonamides is 1. The van der Waals surface area contributed by atoms with Crippen LogP contribution < -0.4 is 10.2 Å². The maximum absolute atomic E-state index is 12.8. The number of nitrogens with one attached hydrogen (secondary N) is 1. The van der Waals surface area contributed by atoms with Crippen molar-refractivity contribution in [1.29, 1.82) is 0 Å². The largest absolute Gasteiger partial charge is 0.416 e. The van der Waals surface area contributed by atoms with Crippen LogP contribution in [0.15, 0.2) is 54.6 Å². The fourth-order valence-corrected chi connectivity index (χ4v) is 5.11. The van der Waals surface area contributed by atoms with Crippen LogP contribution in [0.25, 0.3) is 0 Å².